The second kappa shape index (κ2) is 6.10. The average molecular weight is 288 g/mol. The summed E-state index contributed by atoms with van der Waals surface area (Å²) in [6.45, 7) is 7.67. The molecular formula is C16H24N4O. The molecule has 0 unspecified atom stereocenters. The SMILES string of the molecule is CC(C)CC(=O)N1CCc2nc([C@H]3CCNC3)ncc2C1. The molecule has 114 valence electrons. The van der Waals surface area contributed by atoms with Gasteiger partial charge in [0.15, 0.2) is 0 Å². The number of fused-ring (bicyclic) bond motifs is 1. The minimum absolute atomic E-state index is 0.250. The molecule has 0 aliphatic carbocycles. The average Bonchev–Trinajstić information content (AvgIpc) is 2.99. The fourth-order valence-corrected chi connectivity index (χ4v) is 3.09. The normalized spacial score (nSPS) is 21.7. The van der Waals surface area contributed by atoms with Gasteiger partial charge in [-0.3, -0.25) is 4.79 Å². The Kier molecular flexibility index (Phi) is 4.19. The monoisotopic (exact) mass is 288 g/mol. The summed E-state index contributed by atoms with van der Waals surface area (Å²) in [6.07, 6.45) is 4.54. The summed E-state index contributed by atoms with van der Waals surface area (Å²) in [5, 5.41) is 3.36. The van der Waals surface area contributed by atoms with Crippen LogP contribution in [0, 0.1) is 5.92 Å². The highest BCUT2D eigenvalue weighted by Gasteiger charge is 2.25. The highest BCUT2D eigenvalue weighted by atomic mass is 16.2. The zero-order valence-corrected chi connectivity index (χ0v) is 12.9. The number of rotatable bonds is 3. The molecule has 3 heterocycles. The molecule has 2 aliphatic rings. The first-order valence-electron chi connectivity index (χ1n) is 7.96. The van der Waals surface area contributed by atoms with Crippen molar-refractivity contribution in [1.82, 2.24) is 20.2 Å². The van der Waals surface area contributed by atoms with E-state index in [1.54, 1.807) is 0 Å². The third-order valence-electron chi connectivity index (χ3n) is 4.31. The molecule has 1 fully saturated rings. The fraction of sp³-hybridized carbons (Fsp3) is 0.688. The van der Waals surface area contributed by atoms with Gasteiger partial charge in [-0.2, -0.15) is 0 Å². The molecule has 1 amide bonds. The summed E-state index contributed by atoms with van der Waals surface area (Å²) in [5.74, 6) is 2.09. The highest BCUT2D eigenvalue weighted by molar-refractivity contribution is 5.76. The van der Waals surface area contributed by atoms with Crippen LogP contribution in [0.1, 0.15) is 49.7 Å². The van der Waals surface area contributed by atoms with Gasteiger partial charge >= 0.3 is 0 Å². The van der Waals surface area contributed by atoms with Crippen LogP contribution in [0.4, 0.5) is 0 Å². The summed E-state index contributed by atoms with van der Waals surface area (Å²) in [7, 11) is 0. The number of hydrogen-bond donors (Lipinski definition) is 1. The number of carbonyl (C=O) groups excluding carboxylic acids is 1. The quantitative estimate of drug-likeness (QED) is 0.915. The summed E-state index contributed by atoms with van der Waals surface area (Å²) >= 11 is 0. The van der Waals surface area contributed by atoms with Crippen LogP contribution in [-0.2, 0) is 17.8 Å². The number of amides is 1. The van der Waals surface area contributed by atoms with Gasteiger partial charge in [-0.25, -0.2) is 9.97 Å². The van der Waals surface area contributed by atoms with Crippen LogP contribution < -0.4 is 5.32 Å². The summed E-state index contributed by atoms with van der Waals surface area (Å²) < 4.78 is 0. The van der Waals surface area contributed by atoms with E-state index in [9.17, 15) is 4.79 Å². The van der Waals surface area contributed by atoms with Crippen molar-refractivity contribution in [3.05, 3.63) is 23.3 Å². The Morgan fingerprint density at radius 1 is 1.52 bits per heavy atom. The van der Waals surface area contributed by atoms with E-state index in [4.69, 9.17) is 4.98 Å². The van der Waals surface area contributed by atoms with Crippen molar-refractivity contribution in [2.45, 2.75) is 45.6 Å². The maximum Gasteiger partial charge on any atom is 0.223 e. The van der Waals surface area contributed by atoms with Gasteiger partial charge in [-0.1, -0.05) is 13.8 Å². The van der Waals surface area contributed by atoms with Crippen LogP contribution in [0.3, 0.4) is 0 Å². The van der Waals surface area contributed by atoms with E-state index in [2.05, 4.69) is 24.1 Å². The molecule has 0 radical (unpaired) electrons. The molecule has 0 spiro atoms. The van der Waals surface area contributed by atoms with E-state index in [0.717, 1.165) is 49.6 Å². The van der Waals surface area contributed by atoms with E-state index < -0.39 is 0 Å². The molecule has 2 aliphatic heterocycles. The van der Waals surface area contributed by atoms with Crippen molar-refractivity contribution in [2.24, 2.45) is 5.92 Å². The molecule has 0 aromatic carbocycles. The van der Waals surface area contributed by atoms with Crippen molar-refractivity contribution < 1.29 is 4.79 Å². The molecule has 1 aromatic rings. The second-order valence-corrected chi connectivity index (χ2v) is 6.55. The second-order valence-electron chi connectivity index (χ2n) is 6.55. The van der Waals surface area contributed by atoms with Gasteiger partial charge in [0.25, 0.3) is 0 Å². The maximum absolute atomic E-state index is 12.2. The summed E-state index contributed by atoms with van der Waals surface area (Å²) in [6, 6.07) is 0. The van der Waals surface area contributed by atoms with Gasteiger partial charge in [0.2, 0.25) is 5.91 Å². The Hall–Kier alpha value is -1.49. The van der Waals surface area contributed by atoms with Gasteiger partial charge in [0.1, 0.15) is 5.82 Å². The number of aromatic nitrogens is 2. The minimum atomic E-state index is 0.250. The van der Waals surface area contributed by atoms with E-state index in [1.807, 2.05) is 11.1 Å². The Bertz CT molecular complexity index is 523. The molecule has 5 heteroatoms. The largest absolute Gasteiger partial charge is 0.338 e. The molecule has 0 saturated carbocycles. The first-order valence-corrected chi connectivity index (χ1v) is 7.96. The predicted molar refractivity (Wildman–Crippen MR) is 80.8 cm³/mol. The van der Waals surface area contributed by atoms with E-state index in [1.165, 1.54) is 0 Å². The third kappa shape index (κ3) is 3.23. The van der Waals surface area contributed by atoms with E-state index >= 15 is 0 Å². The molecule has 1 atom stereocenters. The first-order chi connectivity index (χ1) is 10.1. The fourth-order valence-electron chi connectivity index (χ4n) is 3.09. The maximum atomic E-state index is 12.2. The molecule has 1 aromatic heterocycles. The Labute approximate surface area is 126 Å². The topological polar surface area (TPSA) is 58.1 Å². The van der Waals surface area contributed by atoms with E-state index in [0.29, 0.717) is 24.8 Å². The van der Waals surface area contributed by atoms with Gasteiger partial charge in [-0.15, -0.1) is 0 Å². The van der Waals surface area contributed by atoms with Crippen LogP contribution in [-0.4, -0.2) is 40.4 Å². The van der Waals surface area contributed by atoms with Gasteiger partial charge in [0.05, 0.1) is 5.69 Å². The van der Waals surface area contributed by atoms with Crippen LogP contribution in [0.25, 0.3) is 0 Å². The van der Waals surface area contributed by atoms with Crippen molar-refractivity contribution in [3.8, 4) is 0 Å². The number of nitrogens with zero attached hydrogens (tertiary/aromatic N) is 3. The van der Waals surface area contributed by atoms with Crippen molar-refractivity contribution >= 4 is 5.91 Å². The van der Waals surface area contributed by atoms with Crippen molar-refractivity contribution in [2.75, 3.05) is 19.6 Å². The Balaban J connectivity index is 1.70. The lowest BCUT2D eigenvalue weighted by atomic mass is 10.0. The van der Waals surface area contributed by atoms with Crippen molar-refractivity contribution in [1.29, 1.82) is 0 Å². The first kappa shape index (κ1) is 14.4. The van der Waals surface area contributed by atoms with E-state index in [-0.39, 0.29) is 5.91 Å². The third-order valence-corrected chi connectivity index (χ3v) is 4.31. The molecule has 0 bridgehead atoms. The Morgan fingerprint density at radius 3 is 3.10 bits per heavy atom. The molecular weight excluding hydrogens is 264 g/mol. The zero-order chi connectivity index (χ0) is 14.8. The highest BCUT2D eigenvalue weighted by Crippen LogP contribution is 2.23. The standard InChI is InChI=1S/C16H24N4O/c1-11(2)7-15(21)20-6-4-14-13(10-20)9-18-16(19-14)12-3-5-17-8-12/h9,11-12,17H,3-8,10H2,1-2H3/t12-/m0/s1. The molecule has 1 saturated heterocycles. The lowest BCUT2D eigenvalue weighted by Crippen LogP contribution is -2.37. The number of nitrogens with one attached hydrogen (secondary N) is 1. The lowest BCUT2D eigenvalue weighted by molar-refractivity contribution is -0.132. The van der Waals surface area contributed by atoms with Crippen molar-refractivity contribution in [3.63, 3.8) is 0 Å². The molecule has 5 nitrogen and oxygen atoms in total. The molecule has 3 rings (SSSR count). The number of hydrogen-bond acceptors (Lipinski definition) is 4. The van der Waals surface area contributed by atoms with Gasteiger partial charge in [0, 0.05) is 50.2 Å². The zero-order valence-electron chi connectivity index (χ0n) is 12.9. The van der Waals surface area contributed by atoms with Crippen LogP contribution in [0.2, 0.25) is 0 Å². The van der Waals surface area contributed by atoms with Crippen LogP contribution >= 0.6 is 0 Å². The summed E-state index contributed by atoms with van der Waals surface area (Å²) in [5.41, 5.74) is 2.26. The Morgan fingerprint density at radius 2 is 2.38 bits per heavy atom. The van der Waals surface area contributed by atoms with Crippen LogP contribution in [0.5, 0.6) is 0 Å². The molecule has 1 N–H and O–H groups in total. The van der Waals surface area contributed by atoms with Crippen LogP contribution in [0.15, 0.2) is 6.20 Å². The summed E-state index contributed by atoms with van der Waals surface area (Å²) in [4.78, 5) is 23.4. The number of carbonyl (C=O) groups is 1. The predicted octanol–water partition coefficient (Wildman–Crippen LogP) is 1.48. The molecule has 21 heavy (non-hydrogen) atoms. The smallest absolute Gasteiger partial charge is 0.223 e. The lowest BCUT2D eigenvalue weighted by Gasteiger charge is -2.29. The van der Waals surface area contributed by atoms with Gasteiger partial charge in [-0.05, 0) is 18.9 Å². The minimum Gasteiger partial charge on any atom is -0.338 e. The van der Waals surface area contributed by atoms with Gasteiger partial charge < -0.3 is 10.2 Å².